The number of aromatic nitrogens is 2. The van der Waals surface area contributed by atoms with Crippen molar-refractivity contribution < 1.29 is 17.6 Å². The summed E-state index contributed by atoms with van der Waals surface area (Å²) in [5, 5.41) is 2.56. The lowest BCUT2D eigenvalue weighted by Crippen LogP contribution is -2.35. The molecule has 1 aliphatic rings. The largest absolute Gasteiger partial charge is 0.327 e. The second-order valence-electron chi connectivity index (χ2n) is 5.90. The van der Waals surface area contributed by atoms with Crippen molar-refractivity contribution in [3.8, 4) is 0 Å². The van der Waals surface area contributed by atoms with Crippen LogP contribution in [0.4, 0.5) is 10.1 Å². The first-order valence-corrected chi connectivity index (χ1v) is 9.46. The van der Waals surface area contributed by atoms with Crippen LogP contribution >= 0.6 is 0 Å². The molecule has 1 amide bonds. The molecule has 0 unspecified atom stereocenters. The summed E-state index contributed by atoms with van der Waals surface area (Å²) in [5.74, 6) is -0.744. The maximum atomic E-state index is 12.9. The minimum Gasteiger partial charge on any atom is -0.327 e. The fourth-order valence-electron chi connectivity index (χ4n) is 2.70. The number of hydrogen-bond donors (Lipinski definition) is 1. The highest BCUT2D eigenvalue weighted by molar-refractivity contribution is 7.89. The van der Waals surface area contributed by atoms with Crippen molar-refractivity contribution >= 4 is 21.6 Å². The fourth-order valence-corrected chi connectivity index (χ4v) is 4.15. The van der Waals surface area contributed by atoms with Crippen molar-refractivity contribution in [1.82, 2.24) is 13.9 Å². The van der Waals surface area contributed by atoms with Gasteiger partial charge in [-0.1, -0.05) is 6.42 Å². The van der Waals surface area contributed by atoms with Gasteiger partial charge in [0.1, 0.15) is 12.4 Å². The van der Waals surface area contributed by atoms with E-state index < -0.39 is 10.0 Å². The summed E-state index contributed by atoms with van der Waals surface area (Å²) >= 11 is 0. The number of hydrogen-bond acceptors (Lipinski definition) is 4. The lowest BCUT2D eigenvalue weighted by Gasteiger charge is -2.24. The number of nitrogens with zero attached hydrogens (tertiary/aromatic N) is 3. The number of nitrogens with one attached hydrogen (secondary N) is 1. The van der Waals surface area contributed by atoms with E-state index in [9.17, 15) is 17.6 Å². The first-order valence-electron chi connectivity index (χ1n) is 8.02. The minimum absolute atomic E-state index is 0.0519. The number of piperidine rings is 1. The Bertz CT molecular complexity index is 843. The molecule has 2 aromatic rings. The number of imidazole rings is 1. The molecule has 1 aliphatic heterocycles. The molecule has 1 saturated heterocycles. The number of amides is 1. The van der Waals surface area contributed by atoms with Gasteiger partial charge in [0.05, 0.1) is 6.33 Å². The number of anilines is 1. The third kappa shape index (κ3) is 4.23. The lowest BCUT2D eigenvalue weighted by atomic mass is 10.2. The smallest absolute Gasteiger partial charge is 0.262 e. The van der Waals surface area contributed by atoms with Gasteiger partial charge in [0.2, 0.25) is 5.91 Å². The van der Waals surface area contributed by atoms with Crippen molar-refractivity contribution in [2.75, 3.05) is 18.4 Å². The van der Waals surface area contributed by atoms with Crippen LogP contribution in [0.5, 0.6) is 0 Å². The molecule has 0 bridgehead atoms. The van der Waals surface area contributed by atoms with Gasteiger partial charge < -0.3 is 9.88 Å². The second kappa shape index (κ2) is 7.32. The van der Waals surface area contributed by atoms with Crippen LogP contribution in [-0.4, -0.2) is 41.3 Å². The van der Waals surface area contributed by atoms with Crippen LogP contribution in [0, 0.1) is 5.82 Å². The van der Waals surface area contributed by atoms with E-state index in [1.54, 1.807) is 0 Å². The predicted octanol–water partition coefficient (Wildman–Crippen LogP) is 1.84. The Morgan fingerprint density at radius 3 is 2.52 bits per heavy atom. The molecule has 0 radical (unpaired) electrons. The topological polar surface area (TPSA) is 84.3 Å². The predicted molar refractivity (Wildman–Crippen MR) is 89.9 cm³/mol. The van der Waals surface area contributed by atoms with E-state index >= 15 is 0 Å². The molecule has 7 nitrogen and oxygen atoms in total. The van der Waals surface area contributed by atoms with E-state index in [-0.39, 0.29) is 23.3 Å². The van der Waals surface area contributed by atoms with E-state index in [0.717, 1.165) is 19.3 Å². The number of halogens is 1. The number of carbonyl (C=O) groups excluding carboxylic acids is 1. The maximum Gasteiger partial charge on any atom is 0.262 e. The van der Waals surface area contributed by atoms with Gasteiger partial charge in [-0.3, -0.25) is 4.79 Å². The van der Waals surface area contributed by atoms with Crippen molar-refractivity contribution in [3.05, 3.63) is 42.6 Å². The summed E-state index contributed by atoms with van der Waals surface area (Å²) in [6, 6.07) is 5.40. The van der Waals surface area contributed by atoms with Crippen LogP contribution in [0.2, 0.25) is 0 Å². The van der Waals surface area contributed by atoms with Crippen LogP contribution < -0.4 is 5.32 Å². The summed E-state index contributed by atoms with van der Waals surface area (Å²) in [6.45, 7) is 0.917. The van der Waals surface area contributed by atoms with Crippen LogP contribution in [0.25, 0.3) is 0 Å². The van der Waals surface area contributed by atoms with Gasteiger partial charge in [0, 0.05) is 25.0 Å². The Morgan fingerprint density at radius 1 is 1.16 bits per heavy atom. The average molecular weight is 366 g/mol. The molecule has 2 heterocycles. The lowest BCUT2D eigenvalue weighted by molar-refractivity contribution is -0.116. The SMILES string of the molecule is O=C(Cn1cnc(S(=O)(=O)N2CCCCC2)c1)Nc1ccc(F)cc1. The quantitative estimate of drug-likeness (QED) is 0.875. The Kier molecular flexibility index (Phi) is 5.14. The van der Waals surface area contributed by atoms with Crippen molar-refractivity contribution in [2.24, 2.45) is 0 Å². The highest BCUT2D eigenvalue weighted by Gasteiger charge is 2.28. The third-order valence-electron chi connectivity index (χ3n) is 3.98. The van der Waals surface area contributed by atoms with E-state index in [1.165, 1.54) is 45.7 Å². The summed E-state index contributed by atoms with van der Waals surface area (Å²) in [6.07, 6.45) is 5.40. The second-order valence-corrected chi connectivity index (χ2v) is 7.79. The molecule has 134 valence electrons. The summed E-state index contributed by atoms with van der Waals surface area (Å²) < 4.78 is 40.7. The molecular formula is C16H19FN4O3S. The number of carbonyl (C=O) groups is 1. The van der Waals surface area contributed by atoms with Crippen LogP contribution in [0.3, 0.4) is 0 Å². The first-order chi connectivity index (χ1) is 11.9. The molecular weight excluding hydrogens is 347 g/mol. The molecule has 3 rings (SSSR count). The first kappa shape index (κ1) is 17.6. The molecule has 25 heavy (non-hydrogen) atoms. The molecule has 1 fully saturated rings. The van der Waals surface area contributed by atoms with Crippen molar-refractivity contribution in [3.63, 3.8) is 0 Å². The Labute approximate surface area is 145 Å². The normalized spacial score (nSPS) is 15.9. The van der Waals surface area contributed by atoms with Gasteiger partial charge in [0.25, 0.3) is 10.0 Å². The van der Waals surface area contributed by atoms with Crippen molar-refractivity contribution in [2.45, 2.75) is 30.8 Å². The molecule has 9 heteroatoms. The summed E-state index contributed by atoms with van der Waals surface area (Å²) in [7, 11) is -3.61. The number of rotatable bonds is 5. The van der Waals surface area contributed by atoms with Gasteiger partial charge in [-0.2, -0.15) is 4.31 Å². The molecule has 0 saturated carbocycles. The average Bonchev–Trinajstić information content (AvgIpc) is 3.07. The molecule has 1 N–H and O–H groups in total. The molecule has 0 spiro atoms. The Balaban J connectivity index is 1.64. The zero-order valence-electron chi connectivity index (χ0n) is 13.6. The zero-order valence-corrected chi connectivity index (χ0v) is 14.4. The van der Waals surface area contributed by atoms with Crippen molar-refractivity contribution in [1.29, 1.82) is 0 Å². The summed E-state index contributed by atoms with van der Waals surface area (Å²) in [4.78, 5) is 16.0. The zero-order chi connectivity index (χ0) is 17.9. The van der Waals surface area contributed by atoms with Gasteiger partial charge in [-0.25, -0.2) is 17.8 Å². The molecule has 1 aromatic carbocycles. The maximum absolute atomic E-state index is 12.9. The standard InChI is InChI=1S/C16H19FN4O3S/c17-13-4-6-14(7-5-13)19-15(22)10-20-11-16(18-12-20)25(23,24)21-8-2-1-3-9-21/h4-7,11-12H,1-3,8-10H2,(H,19,22). The van der Waals surface area contributed by atoms with Gasteiger partial charge in [0.15, 0.2) is 5.03 Å². The van der Waals surface area contributed by atoms with E-state index in [0.29, 0.717) is 18.8 Å². The monoisotopic (exact) mass is 366 g/mol. The number of sulfonamides is 1. The van der Waals surface area contributed by atoms with Crippen LogP contribution in [-0.2, 0) is 21.4 Å². The van der Waals surface area contributed by atoms with Crippen LogP contribution in [0.15, 0.2) is 41.8 Å². The highest BCUT2D eigenvalue weighted by Crippen LogP contribution is 2.19. The van der Waals surface area contributed by atoms with E-state index in [4.69, 9.17) is 0 Å². The molecule has 0 aliphatic carbocycles. The third-order valence-corrected chi connectivity index (χ3v) is 5.77. The summed E-state index contributed by atoms with van der Waals surface area (Å²) in [5.41, 5.74) is 0.465. The van der Waals surface area contributed by atoms with E-state index in [1.807, 2.05) is 0 Å². The minimum atomic E-state index is -3.61. The highest BCUT2D eigenvalue weighted by atomic mass is 32.2. The molecule has 1 aromatic heterocycles. The molecule has 0 atom stereocenters. The number of benzene rings is 1. The fraction of sp³-hybridized carbons (Fsp3) is 0.375. The van der Waals surface area contributed by atoms with Gasteiger partial charge >= 0.3 is 0 Å². The Morgan fingerprint density at radius 2 is 1.84 bits per heavy atom. The van der Waals surface area contributed by atoms with Gasteiger partial charge in [-0.05, 0) is 37.1 Å². The van der Waals surface area contributed by atoms with Crippen LogP contribution in [0.1, 0.15) is 19.3 Å². The van der Waals surface area contributed by atoms with Gasteiger partial charge in [-0.15, -0.1) is 0 Å². The van der Waals surface area contributed by atoms with E-state index in [2.05, 4.69) is 10.3 Å². The Hall–Kier alpha value is -2.26.